The minimum absolute atomic E-state index is 0.0280. The van der Waals surface area contributed by atoms with E-state index in [-0.39, 0.29) is 11.4 Å². The number of benzene rings is 2. The fourth-order valence-electron chi connectivity index (χ4n) is 2.76. The number of nitrogens with one attached hydrogen (secondary N) is 2. The summed E-state index contributed by atoms with van der Waals surface area (Å²) in [5.41, 5.74) is 1.04. The maximum Gasteiger partial charge on any atom is 0.306 e. The third-order valence-corrected chi connectivity index (χ3v) is 4.58. The zero-order valence-electron chi connectivity index (χ0n) is 17.1. The van der Waals surface area contributed by atoms with Gasteiger partial charge in [0.05, 0.1) is 4.92 Å². The van der Waals surface area contributed by atoms with Crippen LogP contribution in [0.5, 0.6) is 0 Å². The number of hydrogen-bond acceptors (Lipinski definition) is 6. The van der Waals surface area contributed by atoms with Crippen LogP contribution in [-0.2, 0) is 11.3 Å². The lowest BCUT2D eigenvalue weighted by atomic mass is 10.1. The predicted octanol–water partition coefficient (Wildman–Crippen LogP) is 2.80. The van der Waals surface area contributed by atoms with Crippen molar-refractivity contribution in [1.29, 1.82) is 0 Å². The van der Waals surface area contributed by atoms with Crippen LogP contribution in [0.2, 0.25) is 0 Å². The third kappa shape index (κ3) is 5.19. The van der Waals surface area contributed by atoms with E-state index >= 15 is 0 Å². The Kier molecular flexibility index (Phi) is 6.38. The standard InChI is InChI=1S/C21H18FN5O5/c1-12-3-4-14(9-13(12)2)24-21(30)17-7-8-20(29)26(25-17)11-19(28)23-15-5-6-16(22)18(10-15)27(31)32/h3-10H,11H2,1-2H3,(H,23,28)(H,24,30). The molecule has 32 heavy (non-hydrogen) atoms. The van der Waals surface area contributed by atoms with E-state index in [4.69, 9.17) is 0 Å². The van der Waals surface area contributed by atoms with Gasteiger partial charge >= 0.3 is 5.69 Å². The summed E-state index contributed by atoms with van der Waals surface area (Å²) >= 11 is 0. The second kappa shape index (κ2) is 9.16. The normalized spacial score (nSPS) is 10.5. The first-order valence-electron chi connectivity index (χ1n) is 9.34. The monoisotopic (exact) mass is 439 g/mol. The van der Waals surface area contributed by atoms with Gasteiger partial charge in [-0.3, -0.25) is 24.5 Å². The molecular weight excluding hydrogens is 421 g/mol. The molecule has 0 saturated carbocycles. The molecule has 0 bridgehead atoms. The average molecular weight is 439 g/mol. The summed E-state index contributed by atoms with van der Waals surface area (Å²) in [6.07, 6.45) is 0. The minimum Gasteiger partial charge on any atom is -0.324 e. The summed E-state index contributed by atoms with van der Waals surface area (Å²) in [4.78, 5) is 46.7. The number of nitro benzene ring substituents is 1. The number of carbonyl (C=O) groups is 2. The molecule has 2 N–H and O–H groups in total. The topological polar surface area (TPSA) is 136 Å². The van der Waals surface area contributed by atoms with E-state index in [0.29, 0.717) is 5.69 Å². The molecule has 0 aliphatic carbocycles. The molecule has 0 aliphatic rings. The fourth-order valence-corrected chi connectivity index (χ4v) is 2.76. The van der Waals surface area contributed by atoms with Crippen molar-refractivity contribution in [1.82, 2.24) is 9.78 Å². The smallest absolute Gasteiger partial charge is 0.306 e. The van der Waals surface area contributed by atoms with Crippen LogP contribution >= 0.6 is 0 Å². The number of nitrogens with zero attached hydrogens (tertiary/aromatic N) is 3. The highest BCUT2D eigenvalue weighted by Gasteiger charge is 2.16. The number of amides is 2. The minimum atomic E-state index is -1.05. The Labute approximate surface area is 180 Å². The molecule has 1 aromatic heterocycles. The molecule has 11 heteroatoms. The Bertz CT molecular complexity index is 1290. The van der Waals surface area contributed by atoms with E-state index in [9.17, 15) is 28.9 Å². The summed E-state index contributed by atoms with van der Waals surface area (Å²) in [7, 11) is 0. The summed E-state index contributed by atoms with van der Waals surface area (Å²) in [6, 6.07) is 10.5. The van der Waals surface area contributed by atoms with Crippen LogP contribution in [0.1, 0.15) is 21.6 Å². The van der Waals surface area contributed by atoms with Gasteiger partial charge in [-0.05, 0) is 55.3 Å². The van der Waals surface area contributed by atoms with E-state index < -0.39 is 40.3 Å². The van der Waals surface area contributed by atoms with Gasteiger partial charge in [-0.1, -0.05) is 6.07 Å². The van der Waals surface area contributed by atoms with Crippen molar-refractivity contribution in [3.8, 4) is 0 Å². The van der Waals surface area contributed by atoms with E-state index in [1.54, 1.807) is 12.1 Å². The van der Waals surface area contributed by atoms with Gasteiger partial charge in [-0.25, -0.2) is 4.68 Å². The zero-order chi connectivity index (χ0) is 23.4. The quantitative estimate of drug-likeness (QED) is 0.448. The number of hydrogen-bond donors (Lipinski definition) is 2. The number of aromatic nitrogens is 2. The summed E-state index contributed by atoms with van der Waals surface area (Å²) < 4.78 is 14.2. The Morgan fingerprint density at radius 2 is 1.72 bits per heavy atom. The van der Waals surface area contributed by atoms with Gasteiger partial charge in [0.15, 0.2) is 0 Å². The lowest BCUT2D eigenvalue weighted by molar-refractivity contribution is -0.387. The highest BCUT2D eigenvalue weighted by atomic mass is 19.1. The third-order valence-electron chi connectivity index (χ3n) is 4.58. The van der Waals surface area contributed by atoms with Crippen LogP contribution in [0.25, 0.3) is 0 Å². The van der Waals surface area contributed by atoms with E-state index in [2.05, 4.69) is 15.7 Å². The average Bonchev–Trinajstić information content (AvgIpc) is 2.73. The van der Waals surface area contributed by atoms with Crippen molar-refractivity contribution in [3.63, 3.8) is 0 Å². The molecule has 2 aromatic carbocycles. The highest BCUT2D eigenvalue weighted by Crippen LogP contribution is 2.21. The van der Waals surface area contributed by atoms with Gasteiger partial charge in [0.2, 0.25) is 11.7 Å². The van der Waals surface area contributed by atoms with Crippen molar-refractivity contribution >= 4 is 28.9 Å². The predicted molar refractivity (Wildman–Crippen MR) is 114 cm³/mol. The van der Waals surface area contributed by atoms with Gasteiger partial charge in [0.1, 0.15) is 12.2 Å². The number of nitro groups is 1. The molecule has 3 aromatic rings. The summed E-state index contributed by atoms with van der Waals surface area (Å²) in [6.45, 7) is 3.28. The van der Waals surface area contributed by atoms with Crippen molar-refractivity contribution in [3.05, 3.63) is 91.6 Å². The second-order valence-electron chi connectivity index (χ2n) is 6.94. The van der Waals surface area contributed by atoms with Gasteiger partial charge < -0.3 is 10.6 Å². The largest absolute Gasteiger partial charge is 0.324 e. The maximum atomic E-state index is 13.4. The molecule has 164 valence electrons. The molecule has 0 atom stereocenters. The van der Waals surface area contributed by atoms with Crippen LogP contribution in [0, 0.1) is 29.8 Å². The first-order valence-corrected chi connectivity index (χ1v) is 9.34. The van der Waals surface area contributed by atoms with Gasteiger partial charge in [0, 0.05) is 23.5 Å². The number of anilines is 2. The first kappa shape index (κ1) is 22.3. The van der Waals surface area contributed by atoms with Crippen molar-refractivity contribution in [2.45, 2.75) is 20.4 Å². The molecular formula is C21H18FN5O5. The Morgan fingerprint density at radius 3 is 2.41 bits per heavy atom. The molecule has 0 fully saturated rings. The van der Waals surface area contributed by atoms with Gasteiger partial charge in [-0.2, -0.15) is 9.49 Å². The lowest BCUT2D eigenvalue weighted by Gasteiger charge is -2.10. The Morgan fingerprint density at radius 1 is 1.03 bits per heavy atom. The van der Waals surface area contributed by atoms with Crippen LogP contribution < -0.4 is 16.2 Å². The van der Waals surface area contributed by atoms with E-state index in [0.717, 1.165) is 40.1 Å². The van der Waals surface area contributed by atoms with Crippen LogP contribution in [0.3, 0.4) is 0 Å². The van der Waals surface area contributed by atoms with Crippen molar-refractivity contribution in [2.75, 3.05) is 10.6 Å². The number of aryl methyl sites for hydroxylation is 2. The molecule has 10 nitrogen and oxygen atoms in total. The molecule has 2 amide bonds. The number of halogens is 1. The van der Waals surface area contributed by atoms with Crippen LogP contribution in [0.4, 0.5) is 21.5 Å². The SMILES string of the molecule is Cc1ccc(NC(=O)c2ccc(=O)n(CC(=O)Nc3ccc(F)c([N+](=O)[O-])c3)n2)cc1C. The summed E-state index contributed by atoms with van der Waals surface area (Å²) in [5, 5.41) is 19.7. The van der Waals surface area contributed by atoms with Gasteiger partial charge in [0.25, 0.3) is 11.5 Å². The Hall–Kier alpha value is -4.41. The van der Waals surface area contributed by atoms with E-state index in [1.165, 1.54) is 6.07 Å². The fraction of sp³-hybridized carbons (Fsp3) is 0.143. The van der Waals surface area contributed by atoms with Crippen LogP contribution in [0.15, 0.2) is 53.3 Å². The molecule has 1 heterocycles. The molecule has 0 aliphatic heterocycles. The van der Waals surface area contributed by atoms with Crippen LogP contribution in [-0.4, -0.2) is 26.5 Å². The molecule has 3 rings (SSSR count). The Balaban J connectivity index is 1.74. The molecule has 0 saturated heterocycles. The number of carbonyl (C=O) groups excluding carboxylic acids is 2. The highest BCUT2D eigenvalue weighted by molar-refractivity contribution is 6.02. The molecule has 0 spiro atoms. The van der Waals surface area contributed by atoms with Crippen molar-refractivity contribution < 1.29 is 18.9 Å². The lowest BCUT2D eigenvalue weighted by Crippen LogP contribution is -2.31. The first-order chi connectivity index (χ1) is 15.1. The van der Waals surface area contributed by atoms with Gasteiger partial charge in [-0.15, -0.1) is 0 Å². The van der Waals surface area contributed by atoms with E-state index in [1.807, 2.05) is 19.9 Å². The maximum absolute atomic E-state index is 13.4. The number of rotatable bonds is 6. The molecule has 0 radical (unpaired) electrons. The van der Waals surface area contributed by atoms with Crippen molar-refractivity contribution in [2.24, 2.45) is 0 Å². The second-order valence-corrected chi connectivity index (χ2v) is 6.94. The molecule has 0 unspecified atom stereocenters. The zero-order valence-corrected chi connectivity index (χ0v) is 17.1. The summed E-state index contributed by atoms with van der Waals surface area (Å²) in [5.74, 6) is -2.36.